The first-order chi connectivity index (χ1) is 12.1. The lowest BCUT2D eigenvalue weighted by molar-refractivity contribution is 0.101. The minimum atomic E-state index is -0.702. The fourth-order valence-corrected chi connectivity index (χ4v) is 3.04. The highest BCUT2D eigenvalue weighted by molar-refractivity contribution is 7.71. The molecule has 0 unspecified atom stereocenters. The van der Waals surface area contributed by atoms with E-state index < -0.39 is 28.7 Å². The van der Waals surface area contributed by atoms with Gasteiger partial charge < -0.3 is 5.11 Å². The van der Waals surface area contributed by atoms with Crippen LogP contribution in [0, 0.1) is 4.77 Å². The van der Waals surface area contributed by atoms with Crippen LogP contribution in [-0.2, 0) is 0 Å². The van der Waals surface area contributed by atoms with Crippen LogP contribution in [-0.4, -0.2) is 25.9 Å². The van der Waals surface area contributed by atoms with Crippen molar-refractivity contribution in [1.82, 2.24) is 9.13 Å². The summed E-state index contributed by atoms with van der Waals surface area (Å²) in [7, 11) is 0. The molecule has 7 heteroatoms. The van der Waals surface area contributed by atoms with Gasteiger partial charge >= 0.3 is 0 Å². The number of aromatic hydroxyl groups is 1. The molecule has 0 aliphatic carbocycles. The van der Waals surface area contributed by atoms with Gasteiger partial charge in [-0.3, -0.25) is 18.7 Å². The minimum absolute atomic E-state index is 0.0472. The van der Waals surface area contributed by atoms with Gasteiger partial charge in [-0.05, 0) is 36.5 Å². The van der Waals surface area contributed by atoms with Gasteiger partial charge in [0.2, 0.25) is 5.88 Å². The van der Waals surface area contributed by atoms with Crippen molar-refractivity contribution < 1.29 is 9.90 Å². The third kappa shape index (κ3) is 3.01. The van der Waals surface area contributed by atoms with Crippen molar-refractivity contribution in [3.8, 4) is 17.3 Å². The van der Waals surface area contributed by atoms with E-state index >= 15 is 0 Å². The van der Waals surface area contributed by atoms with Gasteiger partial charge in [0.05, 0.1) is 17.3 Å². The normalized spacial score (nSPS) is 10.6. The van der Waals surface area contributed by atoms with E-state index in [1.165, 1.54) is 9.13 Å². The Morgan fingerprint density at radius 3 is 1.92 bits per heavy atom. The van der Waals surface area contributed by atoms with Crippen LogP contribution in [0.15, 0.2) is 65.5 Å². The molecule has 25 heavy (non-hydrogen) atoms. The number of aromatic nitrogens is 2. The van der Waals surface area contributed by atoms with Gasteiger partial charge in [0, 0.05) is 0 Å². The lowest BCUT2D eigenvalue weighted by Gasteiger charge is -2.16. The van der Waals surface area contributed by atoms with Crippen molar-refractivity contribution in [3.63, 3.8) is 0 Å². The molecule has 0 saturated heterocycles. The molecule has 126 valence electrons. The number of rotatable bonds is 4. The first kappa shape index (κ1) is 17.1. The number of Topliss-reactive ketones (excluding diaryl/α,β-unsaturated/α-hetero) is 1. The maximum atomic E-state index is 12.8. The third-order valence-electron chi connectivity index (χ3n) is 3.66. The number of benzene rings is 2. The summed E-state index contributed by atoms with van der Waals surface area (Å²) in [5.41, 5.74) is -0.0769. The molecule has 0 aliphatic rings. The number of carbonyl (C=O) groups excluding carboxylic acids is 1. The molecule has 2 aromatic carbocycles. The molecule has 0 radical (unpaired) electrons. The van der Waals surface area contributed by atoms with Crippen molar-refractivity contribution in [2.75, 3.05) is 5.88 Å². The molecule has 5 nitrogen and oxygen atoms in total. The van der Waals surface area contributed by atoms with E-state index in [0.717, 1.165) is 0 Å². The highest BCUT2D eigenvalue weighted by atomic mass is 35.5. The maximum absolute atomic E-state index is 12.8. The minimum Gasteiger partial charge on any atom is -0.493 e. The number of para-hydroxylation sites is 2. The monoisotopic (exact) mass is 372 g/mol. The van der Waals surface area contributed by atoms with Crippen LogP contribution in [0.25, 0.3) is 11.4 Å². The summed E-state index contributed by atoms with van der Waals surface area (Å²) >= 11 is 11.1. The van der Waals surface area contributed by atoms with Crippen molar-refractivity contribution in [1.29, 1.82) is 0 Å². The number of nitrogens with zero attached hydrogens (tertiary/aromatic N) is 2. The van der Waals surface area contributed by atoms with E-state index in [-0.39, 0.29) is 4.77 Å². The molecule has 1 N–H and O–H groups in total. The number of hydrogen-bond acceptors (Lipinski definition) is 4. The molecule has 0 saturated carbocycles. The fraction of sp³-hybridized carbons (Fsp3) is 0.0556. The standard InChI is InChI=1S/C18H13ClN2O3S/c19-11-14(22)15-16(23)20(12-7-3-1-4-8-12)18(25)21(17(15)24)13-9-5-2-6-10-13/h1-10,23H,11H2. The zero-order valence-electron chi connectivity index (χ0n) is 12.9. The van der Waals surface area contributed by atoms with Crippen LogP contribution >= 0.6 is 23.8 Å². The summed E-state index contributed by atoms with van der Waals surface area (Å²) in [5, 5.41) is 10.6. The van der Waals surface area contributed by atoms with E-state index in [9.17, 15) is 14.7 Å². The second-order valence-electron chi connectivity index (χ2n) is 5.19. The highest BCUT2D eigenvalue weighted by Crippen LogP contribution is 2.22. The van der Waals surface area contributed by atoms with Crippen molar-refractivity contribution in [2.24, 2.45) is 0 Å². The van der Waals surface area contributed by atoms with Gasteiger partial charge in [-0.1, -0.05) is 36.4 Å². The number of ketones is 1. The lowest BCUT2D eigenvalue weighted by Crippen LogP contribution is -2.30. The second-order valence-corrected chi connectivity index (χ2v) is 5.82. The van der Waals surface area contributed by atoms with E-state index in [1.807, 2.05) is 6.07 Å². The molecule has 0 amide bonds. The van der Waals surface area contributed by atoms with Crippen LogP contribution in [0.2, 0.25) is 0 Å². The van der Waals surface area contributed by atoms with Crippen molar-refractivity contribution in [2.45, 2.75) is 0 Å². The summed E-state index contributed by atoms with van der Waals surface area (Å²) in [4.78, 5) is 25.0. The summed E-state index contributed by atoms with van der Waals surface area (Å²) in [6.07, 6.45) is 0. The SMILES string of the molecule is O=C(CCl)c1c(O)n(-c2ccccc2)c(=S)n(-c2ccccc2)c1=O. The first-order valence-corrected chi connectivity index (χ1v) is 8.31. The molecule has 0 spiro atoms. The summed E-state index contributed by atoms with van der Waals surface area (Å²) < 4.78 is 2.54. The van der Waals surface area contributed by atoms with Crippen molar-refractivity contribution in [3.05, 3.63) is 81.4 Å². The van der Waals surface area contributed by atoms with E-state index in [2.05, 4.69) is 0 Å². The molecule has 0 aliphatic heterocycles. The van der Waals surface area contributed by atoms with Crippen LogP contribution in [0.1, 0.15) is 10.4 Å². The van der Waals surface area contributed by atoms with E-state index in [4.69, 9.17) is 23.8 Å². The predicted molar refractivity (Wildman–Crippen MR) is 98.9 cm³/mol. The molecule has 0 fully saturated rings. The molecule has 1 aromatic heterocycles. The quantitative estimate of drug-likeness (QED) is 0.432. The summed E-state index contributed by atoms with van der Waals surface area (Å²) in [6, 6.07) is 17.4. The Balaban J connectivity index is 2.47. The first-order valence-electron chi connectivity index (χ1n) is 7.37. The smallest absolute Gasteiger partial charge is 0.273 e. The Kier molecular flexibility index (Phi) is 4.83. The zero-order chi connectivity index (χ0) is 18.0. The topological polar surface area (TPSA) is 64.2 Å². The molecular formula is C18H13ClN2O3S. The second kappa shape index (κ2) is 7.04. The molecular weight excluding hydrogens is 360 g/mol. The number of hydrogen-bond donors (Lipinski definition) is 1. The summed E-state index contributed by atoms with van der Waals surface area (Å²) in [6.45, 7) is 0. The van der Waals surface area contributed by atoms with Crippen LogP contribution in [0.4, 0.5) is 0 Å². The zero-order valence-corrected chi connectivity index (χ0v) is 14.5. The Labute approximate surface area is 153 Å². The van der Waals surface area contributed by atoms with E-state index in [0.29, 0.717) is 11.4 Å². The Morgan fingerprint density at radius 1 is 0.960 bits per heavy atom. The van der Waals surface area contributed by atoms with Crippen LogP contribution in [0.3, 0.4) is 0 Å². The van der Waals surface area contributed by atoms with Gasteiger partial charge in [0.15, 0.2) is 10.6 Å². The van der Waals surface area contributed by atoms with Crippen molar-refractivity contribution >= 4 is 29.6 Å². The molecule has 0 bridgehead atoms. The third-order valence-corrected chi connectivity index (χ3v) is 4.27. The van der Waals surface area contributed by atoms with Gasteiger partial charge in [0.1, 0.15) is 5.56 Å². The number of alkyl halides is 1. The molecule has 1 heterocycles. The fourth-order valence-electron chi connectivity index (χ4n) is 2.52. The molecule has 3 aromatic rings. The number of carbonyl (C=O) groups is 1. The average Bonchev–Trinajstić information content (AvgIpc) is 2.63. The van der Waals surface area contributed by atoms with Gasteiger partial charge in [0.25, 0.3) is 5.56 Å². The predicted octanol–water partition coefficient (Wildman–Crippen LogP) is 3.48. The molecule has 0 atom stereocenters. The number of halogens is 1. The van der Waals surface area contributed by atoms with Gasteiger partial charge in [-0.15, -0.1) is 11.6 Å². The Bertz CT molecular complexity index is 1040. The summed E-state index contributed by atoms with van der Waals surface area (Å²) in [5.74, 6) is -1.61. The van der Waals surface area contributed by atoms with Gasteiger partial charge in [-0.25, -0.2) is 0 Å². The molecule has 3 rings (SSSR count). The van der Waals surface area contributed by atoms with Crippen LogP contribution < -0.4 is 5.56 Å². The lowest BCUT2D eigenvalue weighted by atomic mass is 10.2. The maximum Gasteiger partial charge on any atom is 0.273 e. The van der Waals surface area contributed by atoms with E-state index in [1.54, 1.807) is 54.6 Å². The van der Waals surface area contributed by atoms with Gasteiger partial charge in [-0.2, -0.15) is 0 Å². The highest BCUT2D eigenvalue weighted by Gasteiger charge is 2.23. The van der Waals surface area contributed by atoms with Crippen LogP contribution in [0.5, 0.6) is 5.88 Å². The Morgan fingerprint density at radius 2 is 1.44 bits per heavy atom. The largest absolute Gasteiger partial charge is 0.493 e. The average molecular weight is 373 g/mol. The Hall–Kier alpha value is -2.70.